The Labute approximate surface area is 364 Å². The van der Waals surface area contributed by atoms with Crippen LogP contribution in [0, 0.1) is 0 Å². The summed E-state index contributed by atoms with van der Waals surface area (Å²) < 4.78 is 39.1. The topological polar surface area (TPSA) is 133 Å². The fourth-order valence-corrected chi connectivity index (χ4v) is 6.33. The van der Waals surface area contributed by atoms with Crippen molar-refractivity contribution in [2.45, 2.75) is 90.9 Å². The summed E-state index contributed by atoms with van der Waals surface area (Å²) in [4.78, 5) is 52.1. The van der Waals surface area contributed by atoms with E-state index < -0.39 is 23.9 Å². The number of carbonyl (C=O) groups is 4. The SMILES string of the molecule is CCCCCCCCOc1ccc(OC(=O)c2ccc(OC(=O)c3ccc(OC)c(C(=O)Oc4ccc(C(=O)Oc5ccc(OCCCCCCCC)cc5)cc4)c3)cc2)cc1. The van der Waals surface area contributed by atoms with Crippen LogP contribution in [-0.4, -0.2) is 44.2 Å². The molecule has 326 valence electrons. The lowest BCUT2D eigenvalue weighted by Gasteiger charge is -2.11. The van der Waals surface area contributed by atoms with Gasteiger partial charge in [-0.3, -0.25) is 0 Å². The van der Waals surface area contributed by atoms with Crippen LogP contribution in [0.5, 0.6) is 40.2 Å². The second-order valence-corrected chi connectivity index (χ2v) is 14.7. The minimum Gasteiger partial charge on any atom is -0.496 e. The van der Waals surface area contributed by atoms with Crippen LogP contribution < -0.4 is 33.2 Å². The highest BCUT2D eigenvalue weighted by Gasteiger charge is 2.20. The summed E-state index contributed by atoms with van der Waals surface area (Å²) in [6, 6.07) is 29.7. The fraction of sp³-hybridized carbons (Fsp3) is 0.333. The van der Waals surface area contributed by atoms with Gasteiger partial charge in [0.05, 0.1) is 37.0 Å². The van der Waals surface area contributed by atoms with Gasteiger partial charge in [0.25, 0.3) is 0 Å². The molecular formula is C51H56O11. The lowest BCUT2D eigenvalue weighted by molar-refractivity contribution is 0.0722. The van der Waals surface area contributed by atoms with Gasteiger partial charge in [-0.2, -0.15) is 0 Å². The summed E-state index contributed by atoms with van der Waals surface area (Å²) in [5.41, 5.74) is 0.522. The maximum absolute atomic E-state index is 13.3. The molecule has 0 aliphatic heterocycles. The van der Waals surface area contributed by atoms with Gasteiger partial charge in [-0.25, -0.2) is 19.2 Å². The lowest BCUT2D eigenvalue weighted by atomic mass is 10.1. The van der Waals surface area contributed by atoms with Crippen LogP contribution in [0.1, 0.15) is 132 Å². The molecule has 0 heterocycles. The van der Waals surface area contributed by atoms with Gasteiger partial charge in [0.1, 0.15) is 45.8 Å². The van der Waals surface area contributed by atoms with E-state index in [1.807, 2.05) is 0 Å². The smallest absolute Gasteiger partial charge is 0.347 e. The normalized spacial score (nSPS) is 10.7. The molecule has 11 heteroatoms. The molecule has 0 N–H and O–H groups in total. The van der Waals surface area contributed by atoms with Crippen molar-refractivity contribution in [1.29, 1.82) is 0 Å². The van der Waals surface area contributed by atoms with Gasteiger partial charge in [0, 0.05) is 0 Å². The largest absolute Gasteiger partial charge is 0.496 e. The van der Waals surface area contributed by atoms with Crippen molar-refractivity contribution in [3.05, 3.63) is 138 Å². The summed E-state index contributed by atoms with van der Waals surface area (Å²) in [7, 11) is 1.38. The van der Waals surface area contributed by atoms with E-state index >= 15 is 0 Å². The molecule has 5 aromatic carbocycles. The standard InChI is InChI=1S/C51H56O11/c1-4-6-8-10-12-14-34-57-40-25-29-44(30-26-40)59-48(52)37-16-21-42(22-17-37)61-50(54)39-20-33-47(56-3)46(36-39)51(55)62-43-23-18-38(19-24-43)49(53)60-45-31-27-41(28-32-45)58-35-15-13-11-9-7-5-2/h16-33,36H,4-15,34-35H2,1-3H3. The molecule has 0 aromatic heterocycles. The van der Waals surface area contributed by atoms with E-state index in [0.29, 0.717) is 36.2 Å². The zero-order chi connectivity index (χ0) is 43.9. The van der Waals surface area contributed by atoms with Crippen molar-refractivity contribution < 1.29 is 52.3 Å². The highest BCUT2D eigenvalue weighted by molar-refractivity contribution is 5.99. The van der Waals surface area contributed by atoms with Gasteiger partial charge in [0.15, 0.2) is 0 Å². The first kappa shape index (κ1) is 46.4. The van der Waals surface area contributed by atoms with Crippen molar-refractivity contribution in [1.82, 2.24) is 0 Å². The van der Waals surface area contributed by atoms with Gasteiger partial charge in [-0.05, 0) is 128 Å². The number of unbranched alkanes of at least 4 members (excludes halogenated alkanes) is 10. The Balaban J connectivity index is 1.08. The molecule has 0 aliphatic carbocycles. The summed E-state index contributed by atoms with van der Waals surface area (Å²) in [6.45, 7) is 5.68. The molecule has 62 heavy (non-hydrogen) atoms. The minimum absolute atomic E-state index is 0.0275. The second-order valence-electron chi connectivity index (χ2n) is 14.7. The number of rotatable bonds is 25. The Hall–Kier alpha value is -6.62. The third kappa shape index (κ3) is 15.1. The first-order valence-electron chi connectivity index (χ1n) is 21.5. The average Bonchev–Trinajstić information content (AvgIpc) is 3.29. The zero-order valence-electron chi connectivity index (χ0n) is 35.9. The fourth-order valence-electron chi connectivity index (χ4n) is 6.33. The summed E-state index contributed by atoms with van der Waals surface area (Å²) in [5, 5.41) is 0. The number of hydrogen-bond acceptors (Lipinski definition) is 11. The van der Waals surface area contributed by atoms with E-state index in [1.54, 1.807) is 48.5 Å². The van der Waals surface area contributed by atoms with Crippen LogP contribution in [0.25, 0.3) is 0 Å². The highest BCUT2D eigenvalue weighted by atomic mass is 16.6. The van der Waals surface area contributed by atoms with Gasteiger partial charge in [0.2, 0.25) is 0 Å². The Kier molecular flexibility index (Phi) is 18.9. The van der Waals surface area contributed by atoms with Crippen LogP contribution in [0.15, 0.2) is 115 Å². The van der Waals surface area contributed by atoms with E-state index in [9.17, 15) is 19.2 Å². The van der Waals surface area contributed by atoms with E-state index in [2.05, 4.69) is 13.8 Å². The Morgan fingerprint density at radius 3 is 1.10 bits per heavy atom. The molecule has 0 spiro atoms. The molecule has 0 atom stereocenters. The molecule has 0 saturated heterocycles. The Morgan fingerprint density at radius 1 is 0.371 bits per heavy atom. The number of hydrogen-bond donors (Lipinski definition) is 0. The van der Waals surface area contributed by atoms with Crippen molar-refractivity contribution >= 4 is 23.9 Å². The van der Waals surface area contributed by atoms with Crippen LogP contribution in [0.4, 0.5) is 0 Å². The summed E-state index contributed by atoms with van der Waals surface area (Å²) in [6.07, 6.45) is 14.2. The van der Waals surface area contributed by atoms with Crippen LogP contribution in [0.2, 0.25) is 0 Å². The van der Waals surface area contributed by atoms with Gasteiger partial charge >= 0.3 is 23.9 Å². The lowest BCUT2D eigenvalue weighted by Crippen LogP contribution is -2.14. The molecule has 11 nitrogen and oxygen atoms in total. The summed E-state index contributed by atoms with van der Waals surface area (Å²) >= 11 is 0. The predicted octanol–water partition coefficient (Wildman–Crippen LogP) is 12.1. The molecule has 0 bridgehead atoms. The van der Waals surface area contributed by atoms with Crippen LogP contribution in [-0.2, 0) is 0 Å². The molecule has 5 aromatic rings. The van der Waals surface area contributed by atoms with E-state index in [1.165, 1.54) is 125 Å². The van der Waals surface area contributed by atoms with Gasteiger partial charge in [-0.15, -0.1) is 0 Å². The number of esters is 4. The number of benzene rings is 5. The van der Waals surface area contributed by atoms with E-state index in [4.69, 9.17) is 33.2 Å². The molecular weight excluding hydrogens is 789 g/mol. The van der Waals surface area contributed by atoms with Crippen molar-refractivity contribution in [3.63, 3.8) is 0 Å². The predicted molar refractivity (Wildman–Crippen MR) is 236 cm³/mol. The van der Waals surface area contributed by atoms with Crippen molar-refractivity contribution in [2.24, 2.45) is 0 Å². The third-order valence-corrected chi connectivity index (χ3v) is 9.86. The molecule has 0 radical (unpaired) electrons. The van der Waals surface area contributed by atoms with E-state index in [0.717, 1.165) is 25.7 Å². The second kappa shape index (κ2) is 25.2. The van der Waals surface area contributed by atoms with Gasteiger partial charge < -0.3 is 33.2 Å². The van der Waals surface area contributed by atoms with Crippen LogP contribution >= 0.6 is 0 Å². The molecule has 0 aliphatic rings. The first-order valence-corrected chi connectivity index (χ1v) is 21.5. The van der Waals surface area contributed by atoms with E-state index in [-0.39, 0.29) is 39.5 Å². The molecule has 5 rings (SSSR count). The molecule has 0 unspecified atom stereocenters. The number of carbonyl (C=O) groups excluding carboxylic acids is 4. The average molecular weight is 845 g/mol. The molecule has 0 saturated carbocycles. The minimum atomic E-state index is -0.802. The van der Waals surface area contributed by atoms with Gasteiger partial charge in [-0.1, -0.05) is 78.1 Å². The Bertz CT molecular complexity index is 2160. The molecule has 0 amide bonds. The number of ether oxygens (including phenoxy) is 7. The van der Waals surface area contributed by atoms with Crippen molar-refractivity contribution in [3.8, 4) is 40.2 Å². The number of methoxy groups -OCH3 is 1. The quantitative estimate of drug-likeness (QED) is 0.0316. The maximum atomic E-state index is 13.3. The molecule has 0 fully saturated rings. The summed E-state index contributed by atoms with van der Waals surface area (Å²) in [5.74, 6) is -0.0946. The Morgan fingerprint density at radius 2 is 0.694 bits per heavy atom. The monoisotopic (exact) mass is 844 g/mol. The first-order chi connectivity index (χ1) is 30.3. The van der Waals surface area contributed by atoms with Crippen molar-refractivity contribution in [2.75, 3.05) is 20.3 Å². The highest BCUT2D eigenvalue weighted by Crippen LogP contribution is 2.26. The third-order valence-electron chi connectivity index (χ3n) is 9.86. The van der Waals surface area contributed by atoms with Crippen LogP contribution in [0.3, 0.4) is 0 Å². The maximum Gasteiger partial charge on any atom is 0.347 e. The zero-order valence-corrected chi connectivity index (χ0v) is 35.9.